The Kier molecular flexibility index (Phi) is 10.4. The van der Waals surface area contributed by atoms with Crippen molar-refractivity contribution >= 4 is 34.8 Å². The van der Waals surface area contributed by atoms with Gasteiger partial charge in [-0.1, -0.05) is 43.2 Å². The van der Waals surface area contributed by atoms with E-state index in [4.69, 9.17) is 23.9 Å². The molecule has 13 heteroatoms. The second-order valence-electron chi connectivity index (χ2n) is 14.5. The number of amides is 3. The second-order valence-corrected chi connectivity index (χ2v) is 14.5. The number of carboxylic acid groups (broad SMARTS) is 1. The smallest absolute Gasteiger partial charge is 0.408 e. The number of carbonyl (C=O) groups excluding carboxylic acids is 3. The number of carboxylic acids is 1. The Hall–Kier alpha value is -4.91. The topological polar surface area (TPSA) is 166 Å². The zero-order chi connectivity index (χ0) is 36.3. The molecule has 0 bridgehead atoms. The predicted octanol–water partition coefficient (Wildman–Crippen LogP) is 4.70. The van der Waals surface area contributed by atoms with Crippen LogP contribution < -0.4 is 20.1 Å². The quantitative estimate of drug-likeness (QED) is 0.328. The van der Waals surface area contributed by atoms with Crippen molar-refractivity contribution in [1.82, 2.24) is 20.5 Å². The first-order valence-corrected chi connectivity index (χ1v) is 17.5. The van der Waals surface area contributed by atoms with Gasteiger partial charge in [0.15, 0.2) is 0 Å². The lowest BCUT2D eigenvalue weighted by molar-refractivity contribution is -0.146. The molecule has 3 fully saturated rings. The van der Waals surface area contributed by atoms with Gasteiger partial charge < -0.3 is 39.6 Å². The number of aromatic nitrogens is 1. The Balaban J connectivity index is 1.34. The van der Waals surface area contributed by atoms with Crippen LogP contribution in [0.5, 0.6) is 11.5 Å². The number of carbonyl (C=O) groups is 4. The van der Waals surface area contributed by atoms with Crippen LogP contribution >= 0.6 is 0 Å². The number of nitrogens with zero attached hydrogens (tertiary/aromatic N) is 2. The van der Waals surface area contributed by atoms with Crippen LogP contribution in [0.15, 0.2) is 54.6 Å². The molecule has 3 aromatic rings. The van der Waals surface area contributed by atoms with Crippen molar-refractivity contribution in [3.05, 3.63) is 54.6 Å². The van der Waals surface area contributed by atoms with Gasteiger partial charge in [0.1, 0.15) is 40.8 Å². The Morgan fingerprint density at radius 1 is 1.08 bits per heavy atom. The van der Waals surface area contributed by atoms with E-state index in [2.05, 4.69) is 10.6 Å². The largest absolute Gasteiger partial charge is 0.497 e. The Morgan fingerprint density at radius 3 is 2.59 bits per heavy atom. The van der Waals surface area contributed by atoms with Gasteiger partial charge >= 0.3 is 12.1 Å². The number of ether oxygens (including phenoxy) is 4. The maximum absolute atomic E-state index is 14.3. The lowest BCUT2D eigenvalue weighted by atomic mass is 10.1. The lowest BCUT2D eigenvalue weighted by Gasteiger charge is -2.30. The minimum absolute atomic E-state index is 0.00639. The first-order chi connectivity index (χ1) is 24.4. The number of benzene rings is 2. The van der Waals surface area contributed by atoms with Gasteiger partial charge in [0, 0.05) is 36.1 Å². The van der Waals surface area contributed by atoms with Crippen LogP contribution in [0, 0.1) is 5.92 Å². The molecule has 2 saturated heterocycles. The summed E-state index contributed by atoms with van der Waals surface area (Å²) in [5.74, 6) is -1.32. The van der Waals surface area contributed by atoms with E-state index in [1.54, 1.807) is 33.9 Å². The van der Waals surface area contributed by atoms with Crippen LogP contribution in [-0.2, 0) is 23.9 Å². The van der Waals surface area contributed by atoms with E-state index in [0.717, 1.165) is 18.4 Å². The molecule has 2 aromatic carbocycles. The van der Waals surface area contributed by atoms with Crippen molar-refractivity contribution < 1.29 is 43.2 Å². The summed E-state index contributed by atoms with van der Waals surface area (Å²) < 4.78 is 23.4. The summed E-state index contributed by atoms with van der Waals surface area (Å²) in [5, 5.41) is 16.4. The van der Waals surface area contributed by atoms with Crippen LogP contribution in [0.3, 0.4) is 0 Å². The molecular weight excluding hydrogens is 656 g/mol. The fourth-order valence-corrected chi connectivity index (χ4v) is 6.96. The van der Waals surface area contributed by atoms with Gasteiger partial charge in [-0.25, -0.2) is 14.6 Å². The zero-order valence-electron chi connectivity index (χ0n) is 29.5. The molecule has 3 aliphatic rings. The molecule has 272 valence electrons. The Labute approximate surface area is 297 Å². The van der Waals surface area contributed by atoms with E-state index in [1.165, 1.54) is 4.90 Å². The third-order valence-electron chi connectivity index (χ3n) is 9.64. The number of rotatable bonds is 6. The van der Waals surface area contributed by atoms with Gasteiger partial charge in [-0.15, -0.1) is 0 Å². The van der Waals surface area contributed by atoms with Crippen LogP contribution in [0.4, 0.5) is 4.79 Å². The number of alkyl carbamates (subject to hydrolysis) is 1. The molecule has 13 nitrogen and oxygen atoms in total. The average Bonchev–Trinajstić information content (AvgIpc) is 3.63. The molecular formula is C38H46N4O9. The molecule has 1 unspecified atom stereocenters. The maximum Gasteiger partial charge on any atom is 0.408 e. The number of pyridine rings is 1. The summed E-state index contributed by atoms with van der Waals surface area (Å²) in [6.45, 7) is 5.37. The fraction of sp³-hybridized carbons (Fsp3) is 0.500. The summed E-state index contributed by atoms with van der Waals surface area (Å²) in [7, 11) is 1.58. The molecule has 3 N–H and O–H groups in total. The van der Waals surface area contributed by atoms with Crippen molar-refractivity contribution in [2.24, 2.45) is 5.92 Å². The van der Waals surface area contributed by atoms with Gasteiger partial charge in [-0.05, 0) is 58.1 Å². The maximum atomic E-state index is 14.3. The van der Waals surface area contributed by atoms with Gasteiger partial charge in [0.25, 0.3) is 0 Å². The molecule has 6 rings (SSSR count). The second kappa shape index (κ2) is 14.7. The normalized spacial score (nSPS) is 25.8. The molecule has 3 heterocycles. The number of hydrogen-bond donors (Lipinski definition) is 3. The summed E-state index contributed by atoms with van der Waals surface area (Å²) in [4.78, 5) is 60.0. The molecule has 5 atom stereocenters. The van der Waals surface area contributed by atoms with Gasteiger partial charge in [-0.3, -0.25) is 9.59 Å². The predicted molar refractivity (Wildman–Crippen MR) is 187 cm³/mol. The highest BCUT2D eigenvalue weighted by molar-refractivity contribution is 5.96. The van der Waals surface area contributed by atoms with E-state index < -0.39 is 53.2 Å². The molecule has 3 amide bonds. The molecule has 2 aliphatic heterocycles. The van der Waals surface area contributed by atoms with Gasteiger partial charge in [0.2, 0.25) is 11.8 Å². The third-order valence-corrected chi connectivity index (χ3v) is 9.64. The molecule has 1 saturated carbocycles. The molecule has 1 aromatic heterocycles. The van der Waals surface area contributed by atoms with Crippen molar-refractivity contribution in [1.29, 1.82) is 0 Å². The fourth-order valence-electron chi connectivity index (χ4n) is 6.96. The minimum Gasteiger partial charge on any atom is -0.497 e. The van der Waals surface area contributed by atoms with Crippen molar-refractivity contribution in [2.75, 3.05) is 26.9 Å². The Bertz CT molecular complexity index is 1780. The number of fused-ring (bicyclic) bond motifs is 3. The number of aliphatic carboxylic acids is 1. The molecule has 0 spiro atoms. The number of methoxy groups -OCH3 is 1. The van der Waals surface area contributed by atoms with Crippen LogP contribution in [0.1, 0.15) is 59.3 Å². The molecule has 1 aliphatic carbocycles. The summed E-state index contributed by atoms with van der Waals surface area (Å²) in [6.07, 6.45) is 1.87. The van der Waals surface area contributed by atoms with E-state index >= 15 is 0 Å². The summed E-state index contributed by atoms with van der Waals surface area (Å²) >= 11 is 0. The highest BCUT2D eigenvalue weighted by Crippen LogP contribution is 2.47. The van der Waals surface area contributed by atoms with Crippen LogP contribution in [-0.4, -0.2) is 95.1 Å². The number of hydrogen-bond acceptors (Lipinski definition) is 9. The van der Waals surface area contributed by atoms with Crippen molar-refractivity contribution in [2.45, 2.75) is 88.6 Å². The average molecular weight is 703 g/mol. The highest BCUT2D eigenvalue weighted by atomic mass is 16.6. The molecule has 0 radical (unpaired) electrons. The first kappa shape index (κ1) is 35.9. The van der Waals surface area contributed by atoms with E-state index in [0.29, 0.717) is 54.0 Å². The van der Waals surface area contributed by atoms with Crippen LogP contribution in [0.2, 0.25) is 0 Å². The summed E-state index contributed by atoms with van der Waals surface area (Å²) in [6, 6.07) is 14.7. The standard InChI is InChI=1S/C38H46N4O9/c1-37(2,3)51-36(47)40-30-22-49-16-10-6-9-13-24-20-38(24,35(45)46)41-33(43)31-18-26(21-42(31)34(30)44)50-32-19-28(23-11-7-5-8-12-23)39-29-17-25(48-4)14-15-27(29)32/h5,7-8,11-12,14-15,17,19,24,26,30-31H,6,9-10,13,16,18,20-22H2,1-4H3,(H,40,47)(H,41,43)(H,45,46)/t24?,26-,30+,31+,38-/m1/s1. The van der Waals surface area contributed by atoms with E-state index in [-0.39, 0.29) is 25.5 Å². The van der Waals surface area contributed by atoms with Gasteiger partial charge in [0.05, 0.1) is 31.5 Å². The first-order valence-electron chi connectivity index (χ1n) is 17.5. The van der Waals surface area contributed by atoms with Gasteiger partial charge in [-0.2, -0.15) is 0 Å². The summed E-state index contributed by atoms with van der Waals surface area (Å²) in [5.41, 5.74) is -0.0374. The number of nitrogens with one attached hydrogen (secondary N) is 2. The lowest BCUT2D eigenvalue weighted by Crippen LogP contribution is -2.57. The minimum atomic E-state index is -1.39. The third kappa shape index (κ3) is 8.19. The monoisotopic (exact) mass is 702 g/mol. The van der Waals surface area contributed by atoms with E-state index in [9.17, 15) is 24.3 Å². The SMILES string of the molecule is COc1ccc2c(O[C@@H]3C[C@H]4C(=O)N[C@]5(C(=O)O)CC5CCCCCOC[C@H](NC(=O)OC(C)(C)C)C(=O)N4C3)cc(-c3ccccc3)nc2c1. The Morgan fingerprint density at radius 2 is 1.86 bits per heavy atom. The van der Waals surface area contributed by atoms with Crippen molar-refractivity contribution in [3.8, 4) is 22.8 Å². The van der Waals surface area contributed by atoms with E-state index in [1.807, 2.05) is 48.5 Å². The highest BCUT2D eigenvalue weighted by Gasteiger charge is 2.62. The molecule has 51 heavy (non-hydrogen) atoms. The van der Waals surface area contributed by atoms with Crippen LogP contribution in [0.25, 0.3) is 22.2 Å². The van der Waals surface area contributed by atoms with Crippen molar-refractivity contribution in [3.63, 3.8) is 0 Å². The zero-order valence-corrected chi connectivity index (χ0v) is 29.5.